The summed E-state index contributed by atoms with van der Waals surface area (Å²) < 4.78 is 5.46. The molecule has 2 N–H and O–H groups in total. The number of anilines is 2. The average molecular weight is 388 g/mol. The van der Waals surface area contributed by atoms with Gasteiger partial charge in [-0.05, 0) is 56.3 Å². The zero-order valence-electron chi connectivity index (χ0n) is 14.4. The lowest BCUT2D eigenvalue weighted by molar-refractivity contribution is 0.262. The van der Waals surface area contributed by atoms with Gasteiger partial charge in [-0.2, -0.15) is 0 Å². The molecular weight excluding hydrogens is 370 g/mol. The Labute approximate surface area is 161 Å². The fourth-order valence-electron chi connectivity index (χ4n) is 2.42. The SMILES string of the molecule is CCOc1ccc(-c2nc(NC(=O)Nc3cccc(Cl)c3)sc2C)cc1. The number of benzene rings is 2. The van der Waals surface area contributed by atoms with E-state index in [9.17, 15) is 4.79 Å². The number of thiazole rings is 1. The molecule has 0 aliphatic rings. The van der Waals surface area contributed by atoms with Gasteiger partial charge in [0, 0.05) is 21.2 Å². The number of halogens is 1. The normalized spacial score (nSPS) is 10.4. The van der Waals surface area contributed by atoms with Gasteiger partial charge in [0.2, 0.25) is 0 Å². The molecule has 0 fully saturated rings. The first-order valence-electron chi connectivity index (χ1n) is 8.09. The van der Waals surface area contributed by atoms with Gasteiger partial charge in [-0.1, -0.05) is 17.7 Å². The lowest BCUT2D eigenvalue weighted by Gasteiger charge is -2.05. The molecule has 3 aromatic rings. The van der Waals surface area contributed by atoms with Crippen LogP contribution in [0.4, 0.5) is 15.6 Å². The highest BCUT2D eigenvalue weighted by Gasteiger charge is 2.12. The lowest BCUT2D eigenvalue weighted by Crippen LogP contribution is -2.19. The molecule has 1 heterocycles. The quantitative estimate of drug-likeness (QED) is 0.580. The van der Waals surface area contributed by atoms with Gasteiger partial charge in [0.25, 0.3) is 0 Å². The number of nitrogens with one attached hydrogen (secondary N) is 2. The number of ether oxygens (including phenoxy) is 1. The number of rotatable bonds is 5. The van der Waals surface area contributed by atoms with Crippen LogP contribution in [0.25, 0.3) is 11.3 Å². The molecule has 0 aliphatic heterocycles. The summed E-state index contributed by atoms with van der Waals surface area (Å²) in [6, 6.07) is 14.4. The summed E-state index contributed by atoms with van der Waals surface area (Å²) in [5, 5.41) is 6.59. The van der Waals surface area contributed by atoms with Gasteiger partial charge in [-0.3, -0.25) is 5.32 Å². The largest absolute Gasteiger partial charge is 0.494 e. The average Bonchev–Trinajstić information content (AvgIpc) is 2.96. The third-order valence-electron chi connectivity index (χ3n) is 3.54. The minimum atomic E-state index is -0.362. The molecule has 3 rings (SSSR count). The topological polar surface area (TPSA) is 63.2 Å². The number of aryl methyl sites for hydroxylation is 1. The van der Waals surface area contributed by atoms with Gasteiger partial charge >= 0.3 is 6.03 Å². The van der Waals surface area contributed by atoms with Crippen LogP contribution in [0.15, 0.2) is 48.5 Å². The second-order valence-corrected chi connectivity index (χ2v) is 7.11. The van der Waals surface area contributed by atoms with Crippen LogP contribution >= 0.6 is 22.9 Å². The Balaban J connectivity index is 1.70. The summed E-state index contributed by atoms with van der Waals surface area (Å²) in [4.78, 5) is 17.7. The number of aromatic nitrogens is 1. The maximum absolute atomic E-state index is 12.2. The van der Waals surface area contributed by atoms with Crippen molar-refractivity contribution in [1.82, 2.24) is 4.98 Å². The Bertz CT molecular complexity index is 909. The zero-order valence-corrected chi connectivity index (χ0v) is 15.9. The third-order valence-corrected chi connectivity index (χ3v) is 4.66. The maximum Gasteiger partial charge on any atom is 0.325 e. The fraction of sp³-hybridized carbons (Fsp3) is 0.158. The number of amides is 2. The van der Waals surface area contributed by atoms with Crippen molar-refractivity contribution in [3.8, 4) is 17.0 Å². The number of hydrogen-bond donors (Lipinski definition) is 2. The fourth-order valence-corrected chi connectivity index (χ4v) is 3.44. The van der Waals surface area contributed by atoms with Crippen molar-refractivity contribution >= 4 is 39.8 Å². The molecule has 0 radical (unpaired) electrons. The molecule has 0 saturated carbocycles. The summed E-state index contributed by atoms with van der Waals surface area (Å²) in [6.07, 6.45) is 0. The molecular formula is C19H18ClN3O2S. The van der Waals surface area contributed by atoms with E-state index >= 15 is 0 Å². The van der Waals surface area contributed by atoms with Crippen molar-refractivity contribution in [1.29, 1.82) is 0 Å². The molecule has 0 bridgehead atoms. The van der Waals surface area contributed by atoms with E-state index in [4.69, 9.17) is 16.3 Å². The monoisotopic (exact) mass is 387 g/mol. The van der Waals surface area contributed by atoms with Crippen LogP contribution < -0.4 is 15.4 Å². The van der Waals surface area contributed by atoms with E-state index < -0.39 is 0 Å². The first-order chi connectivity index (χ1) is 12.5. The van der Waals surface area contributed by atoms with E-state index in [2.05, 4.69) is 15.6 Å². The van der Waals surface area contributed by atoms with Gasteiger partial charge < -0.3 is 10.1 Å². The molecule has 2 aromatic carbocycles. The molecule has 2 amide bonds. The highest BCUT2D eigenvalue weighted by atomic mass is 35.5. The Hall–Kier alpha value is -2.57. The molecule has 0 unspecified atom stereocenters. The van der Waals surface area contributed by atoms with Crippen molar-refractivity contribution in [2.45, 2.75) is 13.8 Å². The number of hydrogen-bond acceptors (Lipinski definition) is 4. The third kappa shape index (κ3) is 4.53. The van der Waals surface area contributed by atoms with Crippen LogP contribution in [0.1, 0.15) is 11.8 Å². The minimum Gasteiger partial charge on any atom is -0.494 e. The van der Waals surface area contributed by atoms with E-state index in [1.165, 1.54) is 11.3 Å². The number of carbonyl (C=O) groups excluding carboxylic acids is 1. The van der Waals surface area contributed by atoms with Crippen molar-refractivity contribution in [2.75, 3.05) is 17.2 Å². The van der Waals surface area contributed by atoms with E-state index in [-0.39, 0.29) is 6.03 Å². The van der Waals surface area contributed by atoms with Gasteiger partial charge in [-0.15, -0.1) is 11.3 Å². The van der Waals surface area contributed by atoms with Crippen LogP contribution in [0, 0.1) is 6.92 Å². The van der Waals surface area contributed by atoms with Crippen LogP contribution in [-0.4, -0.2) is 17.6 Å². The molecule has 0 saturated heterocycles. The van der Waals surface area contributed by atoms with Gasteiger partial charge in [0.05, 0.1) is 12.3 Å². The standard InChI is InChI=1S/C19H18ClN3O2S/c1-3-25-16-9-7-13(8-10-16)17-12(2)26-19(22-17)23-18(24)21-15-6-4-5-14(20)11-15/h4-11H,3H2,1-2H3,(H2,21,22,23,24). The van der Waals surface area contributed by atoms with E-state index in [0.717, 1.165) is 21.9 Å². The van der Waals surface area contributed by atoms with Gasteiger partial charge in [-0.25, -0.2) is 9.78 Å². The second kappa shape index (κ2) is 8.21. The van der Waals surface area contributed by atoms with Crippen molar-refractivity contribution in [2.24, 2.45) is 0 Å². The summed E-state index contributed by atoms with van der Waals surface area (Å²) in [7, 11) is 0. The Morgan fingerprint density at radius 2 is 1.96 bits per heavy atom. The first kappa shape index (κ1) is 18.2. The molecule has 26 heavy (non-hydrogen) atoms. The Morgan fingerprint density at radius 1 is 1.19 bits per heavy atom. The maximum atomic E-state index is 12.2. The van der Waals surface area contributed by atoms with Crippen LogP contribution in [0.5, 0.6) is 5.75 Å². The molecule has 5 nitrogen and oxygen atoms in total. The highest BCUT2D eigenvalue weighted by Crippen LogP contribution is 2.31. The predicted octanol–water partition coefficient (Wildman–Crippen LogP) is 5.81. The van der Waals surface area contributed by atoms with Gasteiger partial charge in [0.15, 0.2) is 5.13 Å². The zero-order chi connectivity index (χ0) is 18.5. The van der Waals surface area contributed by atoms with Crippen LogP contribution in [0.3, 0.4) is 0 Å². The number of nitrogens with zero attached hydrogens (tertiary/aromatic N) is 1. The second-order valence-electron chi connectivity index (χ2n) is 5.47. The van der Waals surface area contributed by atoms with Crippen LogP contribution in [-0.2, 0) is 0 Å². The van der Waals surface area contributed by atoms with E-state index in [1.54, 1.807) is 24.3 Å². The predicted molar refractivity (Wildman–Crippen MR) is 108 cm³/mol. The molecule has 0 spiro atoms. The minimum absolute atomic E-state index is 0.362. The van der Waals surface area contributed by atoms with Crippen molar-refractivity contribution < 1.29 is 9.53 Å². The number of urea groups is 1. The highest BCUT2D eigenvalue weighted by molar-refractivity contribution is 7.16. The molecule has 1 aromatic heterocycles. The lowest BCUT2D eigenvalue weighted by atomic mass is 10.1. The Kier molecular flexibility index (Phi) is 5.75. The smallest absolute Gasteiger partial charge is 0.325 e. The summed E-state index contributed by atoms with van der Waals surface area (Å²) >= 11 is 7.35. The van der Waals surface area contributed by atoms with Crippen molar-refractivity contribution in [3.63, 3.8) is 0 Å². The summed E-state index contributed by atoms with van der Waals surface area (Å²) in [5.41, 5.74) is 2.44. The number of carbonyl (C=O) groups is 1. The molecule has 0 aliphatic carbocycles. The molecule has 134 valence electrons. The first-order valence-corrected chi connectivity index (χ1v) is 9.29. The Morgan fingerprint density at radius 3 is 2.65 bits per heavy atom. The van der Waals surface area contributed by atoms with Gasteiger partial charge in [0.1, 0.15) is 5.75 Å². The summed E-state index contributed by atoms with van der Waals surface area (Å²) in [5.74, 6) is 0.823. The molecule has 0 atom stereocenters. The van der Waals surface area contributed by atoms with E-state index in [0.29, 0.717) is 22.4 Å². The summed E-state index contributed by atoms with van der Waals surface area (Å²) in [6.45, 7) is 4.55. The molecule has 7 heteroatoms. The van der Waals surface area contributed by atoms with E-state index in [1.807, 2.05) is 38.1 Å². The van der Waals surface area contributed by atoms with Crippen molar-refractivity contribution in [3.05, 3.63) is 58.4 Å². The van der Waals surface area contributed by atoms with Crippen LogP contribution in [0.2, 0.25) is 5.02 Å².